The topological polar surface area (TPSA) is 126 Å². The zero-order valence-corrected chi connectivity index (χ0v) is 23.0. The molecule has 2 aromatic rings. The monoisotopic (exact) mass is 575 g/mol. The number of rotatable bonds is 10. The van der Waals surface area contributed by atoms with Crippen LogP contribution in [0.1, 0.15) is 38.7 Å². The van der Waals surface area contributed by atoms with Crippen LogP contribution in [-0.4, -0.2) is 106 Å². The molecule has 4 rings (SSSR count). The van der Waals surface area contributed by atoms with E-state index in [-0.39, 0.29) is 35.5 Å². The lowest BCUT2D eigenvalue weighted by molar-refractivity contribution is -0.137. The van der Waals surface area contributed by atoms with Crippen LogP contribution in [0.2, 0.25) is 0 Å². The van der Waals surface area contributed by atoms with E-state index in [0.29, 0.717) is 52.1 Å². The lowest BCUT2D eigenvalue weighted by Crippen LogP contribution is -2.44. The standard InChI is InChI=1S/C24H36F3N7O4S/c1-23(2,35)17-33-16-18(14-29-33)21-20(24(25,26)27)15-28-22(31-21)30-19-4-7-34(8-5-19)39(36,37)13-3-6-32-9-11-38-12-10-32/h14-16,19,35H,3-13,17H2,1-2H3,(H,28,30,31). The molecule has 0 atom stereocenters. The molecule has 0 unspecified atom stereocenters. The summed E-state index contributed by atoms with van der Waals surface area (Å²) < 4.78 is 74.9. The molecule has 218 valence electrons. The first-order valence-corrected chi connectivity index (χ1v) is 14.6. The fraction of sp³-hybridized carbons (Fsp3) is 0.708. The van der Waals surface area contributed by atoms with Gasteiger partial charge >= 0.3 is 6.18 Å². The van der Waals surface area contributed by atoms with E-state index in [0.717, 1.165) is 19.3 Å². The van der Waals surface area contributed by atoms with Crippen molar-refractivity contribution in [1.29, 1.82) is 0 Å². The number of anilines is 1. The lowest BCUT2D eigenvalue weighted by atomic mass is 10.1. The van der Waals surface area contributed by atoms with Gasteiger partial charge < -0.3 is 15.2 Å². The third-order valence-corrected chi connectivity index (χ3v) is 8.67. The smallest absolute Gasteiger partial charge is 0.389 e. The third-order valence-electron chi connectivity index (χ3n) is 6.71. The Labute approximate surface area is 226 Å². The van der Waals surface area contributed by atoms with Crippen molar-refractivity contribution < 1.29 is 31.4 Å². The third kappa shape index (κ3) is 8.33. The Kier molecular flexibility index (Phi) is 9.15. The molecule has 2 aromatic heterocycles. The SMILES string of the molecule is CC(C)(O)Cn1cc(-c2nc(NC3CCN(S(=O)(=O)CCCN4CCOCC4)CC3)ncc2C(F)(F)F)cn1. The van der Waals surface area contributed by atoms with Crippen LogP contribution in [0.4, 0.5) is 19.1 Å². The number of morpholine rings is 1. The molecule has 0 bridgehead atoms. The van der Waals surface area contributed by atoms with E-state index in [1.165, 1.54) is 21.4 Å². The van der Waals surface area contributed by atoms with Gasteiger partial charge in [-0.25, -0.2) is 22.7 Å². The van der Waals surface area contributed by atoms with Gasteiger partial charge in [0.15, 0.2) is 0 Å². The second kappa shape index (κ2) is 12.0. The number of alkyl halides is 3. The Hall–Kier alpha value is -2.33. The molecule has 2 aliphatic heterocycles. The van der Waals surface area contributed by atoms with E-state index < -0.39 is 27.4 Å². The summed E-state index contributed by atoms with van der Waals surface area (Å²) in [5.74, 6) is 0.106. The zero-order valence-electron chi connectivity index (χ0n) is 22.2. The number of hydrogen-bond acceptors (Lipinski definition) is 9. The van der Waals surface area contributed by atoms with E-state index in [2.05, 4.69) is 25.3 Å². The van der Waals surface area contributed by atoms with Gasteiger partial charge in [-0.3, -0.25) is 9.58 Å². The number of aliphatic hydroxyl groups is 1. The number of sulfonamides is 1. The fourth-order valence-corrected chi connectivity index (χ4v) is 6.25. The second-order valence-corrected chi connectivity index (χ2v) is 12.7. The summed E-state index contributed by atoms with van der Waals surface area (Å²) >= 11 is 0. The highest BCUT2D eigenvalue weighted by Crippen LogP contribution is 2.36. The lowest BCUT2D eigenvalue weighted by Gasteiger charge is -2.32. The van der Waals surface area contributed by atoms with Crippen molar-refractivity contribution in [2.45, 2.75) is 57.5 Å². The molecular formula is C24H36F3N7O4S. The van der Waals surface area contributed by atoms with Gasteiger partial charge in [-0.15, -0.1) is 0 Å². The highest BCUT2D eigenvalue weighted by Gasteiger charge is 2.36. The first-order chi connectivity index (χ1) is 18.3. The Bertz CT molecular complexity index is 1200. The zero-order chi connectivity index (χ0) is 28.3. The van der Waals surface area contributed by atoms with Crippen LogP contribution in [0.25, 0.3) is 11.3 Å². The minimum absolute atomic E-state index is 0.0278. The predicted molar refractivity (Wildman–Crippen MR) is 138 cm³/mol. The number of hydrogen-bond donors (Lipinski definition) is 2. The highest BCUT2D eigenvalue weighted by molar-refractivity contribution is 7.89. The predicted octanol–water partition coefficient (Wildman–Crippen LogP) is 2.06. The number of halogens is 3. The summed E-state index contributed by atoms with van der Waals surface area (Å²) in [4.78, 5) is 10.3. The van der Waals surface area contributed by atoms with Crippen LogP contribution in [-0.2, 0) is 27.5 Å². The van der Waals surface area contributed by atoms with E-state index in [1.54, 1.807) is 13.8 Å². The maximum Gasteiger partial charge on any atom is 0.419 e. The summed E-state index contributed by atoms with van der Waals surface area (Å²) in [5, 5.41) is 17.1. The molecule has 0 aliphatic carbocycles. The first-order valence-electron chi connectivity index (χ1n) is 13.0. The first kappa shape index (κ1) is 29.6. The van der Waals surface area contributed by atoms with Crippen molar-refractivity contribution in [1.82, 2.24) is 29.0 Å². The normalized spacial score (nSPS) is 18.9. The Morgan fingerprint density at radius 3 is 2.46 bits per heavy atom. The molecule has 39 heavy (non-hydrogen) atoms. The van der Waals surface area contributed by atoms with Gasteiger partial charge in [0.05, 0.1) is 43.0 Å². The van der Waals surface area contributed by atoms with Gasteiger partial charge in [0.25, 0.3) is 0 Å². The molecule has 0 saturated carbocycles. The van der Waals surface area contributed by atoms with Crippen molar-refractivity contribution >= 4 is 16.0 Å². The molecule has 11 nitrogen and oxygen atoms in total. The number of nitrogens with one attached hydrogen (secondary N) is 1. The van der Waals surface area contributed by atoms with Crippen molar-refractivity contribution in [2.75, 3.05) is 57.0 Å². The highest BCUT2D eigenvalue weighted by atomic mass is 32.2. The molecule has 4 heterocycles. The number of piperidine rings is 1. The molecule has 2 saturated heterocycles. The number of nitrogens with zero attached hydrogens (tertiary/aromatic N) is 6. The van der Waals surface area contributed by atoms with Crippen molar-refractivity contribution in [3.63, 3.8) is 0 Å². The van der Waals surface area contributed by atoms with E-state index in [1.807, 2.05) is 0 Å². The van der Waals surface area contributed by atoms with Gasteiger partial charge in [-0.05, 0) is 39.7 Å². The summed E-state index contributed by atoms with van der Waals surface area (Å²) in [5.41, 5.74) is -2.26. The van der Waals surface area contributed by atoms with Crippen LogP contribution in [0.5, 0.6) is 0 Å². The van der Waals surface area contributed by atoms with Crippen LogP contribution in [0, 0.1) is 0 Å². The maximum atomic E-state index is 13.7. The Morgan fingerprint density at radius 2 is 1.82 bits per heavy atom. The fourth-order valence-electron chi connectivity index (χ4n) is 4.73. The molecule has 0 amide bonds. The van der Waals surface area contributed by atoms with E-state index in [4.69, 9.17) is 4.74 Å². The second-order valence-electron chi connectivity index (χ2n) is 10.6. The van der Waals surface area contributed by atoms with Crippen molar-refractivity contribution in [3.8, 4) is 11.3 Å². The van der Waals surface area contributed by atoms with Gasteiger partial charge in [0.1, 0.15) is 5.56 Å². The minimum atomic E-state index is -4.67. The summed E-state index contributed by atoms with van der Waals surface area (Å²) in [7, 11) is -3.39. The summed E-state index contributed by atoms with van der Waals surface area (Å²) in [6, 6.07) is -0.188. The number of ether oxygens (including phenoxy) is 1. The van der Waals surface area contributed by atoms with Crippen LogP contribution >= 0.6 is 0 Å². The van der Waals surface area contributed by atoms with Gasteiger partial charge in [-0.1, -0.05) is 0 Å². The van der Waals surface area contributed by atoms with E-state index in [9.17, 15) is 26.7 Å². The van der Waals surface area contributed by atoms with Crippen LogP contribution in [0.3, 0.4) is 0 Å². The quantitative estimate of drug-likeness (QED) is 0.438. The molecule has 2 N–H and O–H groups in total. The number of aromatic nitrogens is 4. The van der Waals surface area contributed by atoms with Crippen LogP contribution < -0.4 is 5.32 Å². The van der Waals surface area contributed by atoms with Crippen molar-refractivity contribution in [3.05, 3.63) is 24.2 Å². The van der Waals surface area contributed by atoms with Crippen LogP contribution in [0.15, 0.2) is 18.6 Å². The largest absolute Gasteiger partial charge is 0.419 e. The molecule has 0 aromatic carbocycles. The average Bonchev–Trinajstić information content (AvgIpc) is 3.31. The van der Waals surface area contributed by atoms with Gasteiger partial charge in [-0.2, -0.15) is 18.3 Å². The summed E-state index contributed by atoms with van der Waals surface area (Å²) in [6.07, 6.45) is 0.254. The minimum Gasteiger partial charge on any atom is -0.389 e. The van der Waals surface area contributed by atoms with Gasteiger partial charge in [0, 0.05) is 50.2 Å². The molecular weight excluding hydrogens is 539 g/mol. The Morgan fingerprint density at radius 1 is 1.13 bits per heavy atom. The Balaban J connectivity index is 1.37. The van der Waals surface area contributed by atoms with E-state index >= 15 is 0 Å². The molecule has 2 aliphatic rings. The maximum absolute atomic E-state index is 13.7. The van der Waals surface area contributed by atoms with Gasteiger partial charge in [0.2, 0.25) is 16.0 Å². The molecule has 2 fully saturated rings. The summed E-state index contributed by atoms with van der Waals surface area (Å²) in [6.45, 7) is 7.55. The molecule has 0 radical (unpaired) electrons. The average molecular weight is 576 g/mol. The molecule has 15 heteroatoms. The molecule has 0 spiro atoms. The van der Waals surface area contributed by atoms with Crippen molar-refractivity contribution in [2.24, 2.45) is 0 Å².